The average molecular weight is 350 g/mol. The number of nitrogens with zero attached hydrogens (tertiary/aromatic N) is 4. The highest BCUT2D eigenvalue weighted by molar-refractivity contribution is 6.30. The first-order valence-electron chi connectivity index (χ1n) is 8.42. The third kappa shape index (κ3) is 3.82. The Kier molecular flexibility index (Phi) is 5.26. The van der Waals surface area contributed by atoms with Crippen molar-refractivity contribution >= 4 is 17.5 Å². The van der Waals surface area contributed by atoms with Gasteiger partial charge in [0.25, 0.3) is 5.91 Å². The van der Waals surface area contributed by atoms with E-state index in [0.717, 1.165) is 45.0 Å². The molecule has 130 valence electrons. The van der Waals surface area contributed by atoms with Crippen LogP contribution < -0.4 is 0 Å². The number of hydrogen-bond acceptors (Lipinski definition) is 3. The summed E-state index contributed by atoms with van der Waals surface area (Å²) >= 11 is 5.90. The molecule has 0 aliphatic carbocycles. The Balaban J connectivity index is 1.61. The van der Waals surface area contributed by atoms with Crippen molar-refractivity contribution in [2.45, 2.75) is 32.9 Å². The lowest BCUT2D eigenvalue weighted by Gasteiger charge is -2.22. The minimum Gasteiger partial charge on any atom is -0.356 e. The molecule has 0 unspecified atom stereocenters. The van der Waals surface area contributed by atoms with Crippen molar-refractivity contribution in [3.8, 4) is 0 Å². The van der Waals surface area contributed by atoms with Crippen molar-refractivity contribution in [1.29, 1.82) is 0 Å². The topological polar surface area (TPSA) is 57.2 Å². The molecule has 0 aromatic carbocycles. The standard InChI is InChI=1S/C17H24ClN5O/c1-13(2)23-7-4-19-16(23)12-21-5-3-6-22(9-8-21)17(24)15-10-14(18)11-20-15/h4,7,10-11,13,20H,3,5-6,8-9,12H2,1-2H3. The molecule has 1 amide bonds. The first kappa shape index (κ1) is 17.0. The molecule has 0 atom stereocenters. The molecule has 0 spiro atoms. The van der Waals surface area contributed by atoms with Crippen LogP contribution in [0.15, 0.2) is 24.7 Å². The summed E-state index contributed by atoms with van der Waals surface area (Å²) in [6, 6.07) is 2.09. The van der Waals surface area contributed by atoms with Gasteiger partial charge in [0.15, 0.2) is 0 Å². The van der Waals surface area contributed by atoms with Gasteiger partial charge in [-0.25, -0.2) is 4.98 Å². The third-order valence-corrected chi connectivity index (χ3v) is 4.64. The minimum absolute atomic E-state index is 0.0208. The molecule has 2 aromatic rings. The molecule has 0 bridgehead atoms. The Morgan fingerprint density at radius 2 is 2.17 bits per heavy atom. The van der Waals surface area contributed by atoms with Gasteiger partial charge >= 0.3 is 0 Å². The van der Waals surface area contributed by atoms with Crippen LogP contribution in [0.25, 0.3) is 0 Å². The van der Waals surface area contributed by atoms with Crippen molar-refractivity contribution in [1.82, 2.24) is 24.3 Å². The first-order chi connectivity index (χ1) is 11.5. The number of nitrogens with one attached hydrogen (secondary N) is 1. The van der Waals surface area contributed by atoms with Crippen LogP contribution in [-0.2, 0) is 6.54 Å². The van der Waals surface area contributed by atoms with Crippen molar-refractivity contribution in [3.63, 3.8) is 0 Å². The van der Waals surface area contributed by atoms with E-state index >= 15 is 0 Å². The predicted octanol–water partition coefficient (Wildman–Crippen LogP) is 2.79. The Hall–Kier alpha value is -1.79. The maximum absolute atomic E-state index is 12.5. The van der Waals surface area contributed by atoms with E-state index in [4.69, 9.17) is 11.6 Å². The van der Waals surface area contributed by atoms with Gasteiger partial charge in [0.05, 0.1) is 11.6 Å². The predicted molar refractivity (Wildman–Crippen MR) is 94.2 cm³/mol. The fourth-order valence-electron chi connectivity index (χ4n) is 3.13. The van der Waals surface area contributed by atoms with Gasteiger partial charge in [0.2, 0.25) is 0 Å². The molecule has 0 saturated carbocycles. The lowest BCUT2D eigenvalue weighted by molar-refractivity contribution is 0.0755. The van der Waals surface area contributed by atoms with Gasteiger partial charge in [-0.1, -0.05) is 11.6 Å². The molecule has 1 aliphatic heterocycles. The number of aromatic amines is 1. The van der Waals surface area contributed by atoms with Gasteiger partial charge in [0.1, 0.15) is 11.5 Å². The molecule has 2 aromatic heterocycles. The summed E-state index contributed by atoms with van der Waals surface area (Å²) in [5, 5.41) is 0.565. The molecule has 1 fully saturated rings. The van der Waals surface area contributed by atoms with Crippen molar-refractivity contribution in [3.05, 3.63) is 41.2 Å². The van der Waals surface area contributed by atoms with E-state index < -0.39 is 0 Å². The van der Waals surface area contributed by atoms with Crippen LogP contribution in [0.1, 0.15) is 42.6 Å². The molecule has 0 radical (unpaired) electrons. The molecule has 1 saturated heterocycles. The highest BCUT2D eigenvalue weighted by Gasteiger charge is 2.22. The molecule has 1 N–H and O–H groups in total. The first-order valence-corrected chi connectivity index (χ1v) is 8.79. The van der Waals surface area contributed by atoms with E-state index in [0.29, 0.717) is 16.8 Å². The maximum atomic E-state index is 12.5. The average Bonchev–Trinajstić information content (AvgIpc) is 3.11. The molecule has 1 aliphatic rings. The second kappa shape index (κ2) is 7.40. The zero-order valence-electron chi connectivity index (χ0n) is 14.2. The van der Waals surface area contributed by atoms with Gasteiger partial charge in [-0.15, -0.1) is 0 Å². The normalized spacial score (nSPS) is 16.6. The number of aromatic nitrogens is 3. The summed E-state index contributed by atoms with van der Waals surface area (Å²) in [6.45, 7) is 8.46. The fourth-order valence-corrected chi connectivity index (χ4v) is 3.29. The Morgan fingerprint density at radius 1 is 1.33 bits per heavy atom. The third-order valence-electron chi connectivity index (χ3n) is 4.42. The van der Waals surface area contributed by atoms with Crippen molar-refractivity contribution < 1.29 is 4.79 Å². The monoisotopic (exact) mass is 349 g/mol. The van der Waals surface area contributed by atoms with Gasteiger partial charge in [0, 0.05) is 50.8 Å². The largest absolute Gasteiger partial charge is 0.356 e. The molecular weight excluding hydrogens is 326 g/mol. The van der Waals surface area contributed by atoms with E-state index in [1.807, 2.05) is 17.3 Å². The Bertz CT molecular complexity index is 693. The smallest absolute Gasteiger partial charge is 0.270 e. The second-order valence-electron chi connectivity index (χ2n) is 6.50. The number of hydrogen-bond donors (Lipinski definition) is 1. The van der Waals surface area contributed by atoms with Crippen LogP contribution in [0.4, 0.5) is 0 Å². The van der Waals surface area contributed by atoms with Crippen molar-refractivity contribution in [2.75, 3.05) is 26.2 Å². The summed E-state index contributed by atoms with van der Waals surface area (Å²) in [5.41, 5.74) is 0.559. The van der Waals surface area contributed by atoms with Crippen LogP contribution in [0, 0.1) is 0 Å². The van der Waals surface area contributed by atoms with E-state index in [1.54, 1.807) is 12.3 Å². The summed E-state index contributed by atoms with van der Waals surface area (Å²) in [5.74, 6) is 1.10. The molecule has 24 heavy (non-hydrogen) atoms. The van der Waals surface area contributed by atoms with Crippen LogP contribution in [0.3, 0.4) is 0 Å². The zero-order chi connectivity index (χ0) is 17.1. The SMILES string of the molecule is CC(C)n1ccnc1CN1CCCN(C(=O)c2cc(Cl)c[nH]2)CC1. The molecule has 7 heteroatoms. The lowest BCUT2D eigenvalue weighted by Crippen LogP contribution is -2.35. The zero-order valence-corrected chi connectivity index (χ0v) is 15.0. The van der Waals surface area contributed by atoms with Crippen LogP contribution >= 0.6 is 11.6 Å². The molecule has 3 heterocycles. The summed E-state index contributed by atoms with van der Waals surface area (Å²) in [4.78, 5) is 24.2. The number of rotatable bonds is 4. The van der Waals surface area contributed by atoms with Crippen LogP contribution in [0.2, 0.25) is 5.02 Å². The number of carbonyl (C=O) groups excluding carboxylic acids is 1. The van der Waals surface area contributed by atoms with Crippen LogP contribution in [0.5, 0.6) is 0 Å². The van der Waals surface area contributed by atoms with Gasteiger partial charge in [-0.2, -0.15) is 0 Å². The molecular formula is C17H24ClN5O. The van der Waals surface area contributed by atoms with Crippen molar-refractivity contribution in [2.24, 2.45) is 0 Å². The van der Waals surface area contributed by atoms with E-state index in [9.17, 15) is 4.79 Å². The van der Waals surface area contributed by atoms with E-state index in [-0.39, 0.29) is 5.91 Å². The van der Waals surface area contributed by atoms with E-state index in [1.165, 1.54) is 0 Å². The number of H-pyrrole nitrogens is 1. The minimum atomic E-state index is 0.0208. The van der Waals surface area contributed by atoms with Gasteiger partial charge < -0.3 is 14.5 Å². The lowest BCUT2D eigenvalue weighted by atomic mass is 10.3. The highest BCUT2D eigenvalue weighted by Crippen LogP contribution is 2.15. The number of halogens is 1. The number of imidazole rings is 1. The summed E-state index contributed by atoms with van der Waals surface area (Å²) < 4.78 is 2.20. The number of amides is 1. The van der Waals surface area contributed by atoms with E-state index in [2.05, 4.69) is 33.3 Å². The second-order valence-corrected chi connectivity index (χ2v) is 6.93. The maximum Gasteiger partial charge on any atom is 0.270 e. The fraction of sp³-hybridized carbons (Fsp3) is 0.529. The quantitative estimate of drug-likeness (QED) is 0.923. The highest BCUT2D eigenvalue weighted by atomic mass is 35.5. The summed E-state index contributed by atoms with van der Waals surface area (Å²) in [6.07, 6.45) is 6.49. The van der Waals surface area contributed by atoms with Gasteiger partial charge in [-0.3, -0.25) is 9.69 Å². The van der Waals surface area contributed by atoms with Crippen LogP contribution in [-0.4, -0.2) is 56.4 Å². The summed E-state index contributed by atoms with van der Waals surface area (Å²) in [7, 11) is 0. The Morgan fingerprint density at radius 3 is 2.88 bits per heavy atom. The molecule has 3 rings (SSSR count). The number of carbonyl (C=O) groups is 1. The van der Waals surface area contributed by atoms with Gasteiger partial charge in [-0.05, 0) is 26.3 Å². The molecule has 6 nitrogen and oxygen atoms in total. The Labute approximate surface area is 147 Å².